The summed E-state index contributed by atoms with van der Waals surface area (Å²) in [7, 11) is 0. The van der Waals surface area contributed by atoms with Crippen LogP contribution in [0.3, 0.4) is 0 Å². The molecule has 4 nitrogen and oxygen atoms in total. The molecule has 0 saturated heterocycles. The van der Waals surface area contributed by atoms with Gasteiger partial charge in [0.15, 0.2) is 0 Å². The van der Waals surface area contributed by atoms with E-state index in [1.807, 2.05) is 19.1 Å². The number of imide groups is 1. The maximum atomic E-state index is 13.2. The zero-order valence-electron chi connectivity index (χ0n) is 17.5. The van der Waals surface area contributed by atoms with Crippen LogP contribution in [0.25, 0.3) is 5.57 Å². The van der Waals surface area contributed by atoms with E-state index in [2.05, 4.69) is 16.8 Å². The number of alkyl halides is 3. The fraction of sp³-hybridized carbons (Fsp3) is 0.115. The zero-order chi connectivity index (χ0) is 23.6. The van der Waals surface area contributed by atoms with Gasteiger partial charge in [-0.1, -0.05) is 47.7 Å². The lowest BCUT2D eigenvalue weighted by Gasteiger charge is -2.14. The molecular weight excluding hydrogens is 429 g/mol. The monoisotopic (exact) mass is 446 g/mol. The lowest BCUT2D eigenvalue weighted by molar-refractivity contribution is -0.138. The number of carbonyl (C=O) groups excluding carboxylic acids is 2. The molecule has 2 heterocycles. The molecule has 0 saturated carbocycles. The quantitative estimate of drug-likeness (QED) is 0.430. The van der Waals surface area contributed by atoms with E-state index in [1.165, 1.54) is 12.1 Å². The molecule has 0 unspecified atom stereocenters. The SMILES string of the molecule is Cc1ccc(C#CC2=C(c3ccc(C(F)(F)F)cc3)C(=O)N(Cc3ccccn3)C2=O)cc1. The Balaban J connectivity index is 1.76. The van der Waals surface area contributed by atoms with Gasteiger partial charge >= 0.3 is 6.18 Å². The number of rotatable bonds is 3. The molecule has 2 amide bonds. The molecule has 0 spiro atoms. The van der Waals surface area contributed by atoms with Crippen molar-refractivity contribution in [2.75, 3.05) is 0 Å². The molecule has 0 aliphatic carbocycles. The molecule has 1 aromatic heterocycles. The second kappa shape index (κ2) is 8.75. The van der Waals surface area contributed by atoms with Crippen molar-refractivity contribution in [1.29, 1.82) is 0 Å². The summed E-state index contributed by atoms with van der Waals surface area (Å²) >= 11 is 0. The van der Waals surface area contributed by atoms with E-state index in [0.717, 1.165) is 22.6 Å². The van der Waals surface area contributed by atoms with Crippen LogP contribution in [-0.4, -0.2) is 21.7 Å². The number of halogens is 3. The Morgan fingerprint density at radius 1 is 0.879 bits per heavy atom. The van der Waals surface area contributed by atoms with Crippen molar-refractivity contribution < 1.29 is 22.8 Å². The summed E-state index contributed by atoms with van der Waals surface area (Å²) in [5.41, 5.74) is 1.45. The number of hydrogen-bond donors (Lipinski definition) is 0. The molecule has 3 aromatic rings. The van der Waals surface area contributed by atoms with Crippen LogP contribution in [-0.2, 0) is 22.3 Å². The fourth-order valence-electron chi connectivity index (χ4n) is 3.35. The van der Waals surface area contributed by atoms with Gasteiger partial charge in [0.05, 0.1) is 23.4 Å². The van der Waals surface area contributed by atoms with Gasteiger partial charge in [-0.3, -0.25) is 19.5 Å². The van der Waals surface area contributed by atoms with Crippen LogP contribution in [0.15, 0.2) is 78.5 Å². The third-order valence-electron chi connectivity index (χ3n) is 5.10. The maximum absolute atomic E-state index is 13.2. The number of aryl methyl sites for hydroxylation is 1. The summed E-state index contributed by atoms with van der Waals surface area (Å²) in [6.07, 6.45) is -2.97. The molecule has 2 aromatic carbocycles. The van der Waals surface area contributed by atoms with Gasteiger partial charge in [-0.25, -0.2) is 0 Å². The molecule has 0 bridgehead atoms. The van der Waals surface area contributed by atoms with Crippen molar-refractivity contribution >= 4 is 17.4 Å². The third kappa shape index (κ3) is 4.70. The smallest absolute Gasteiger partial charge is 0.269 e. The highest BCUT2D eigenvalue weighted by Gasteiger charge is 2.39. The van der Waals surface area contributed by atoms with Gasteiger partial charge in [-0.2, -0.15) is 13.2 Å². The van der Waals surface area contributed by atoms with E-state index in [1.54, 1.807) is 36.5 Å². The van der Waals surface area contributed by atoms with E-state index < -0.39 is 23.6 Å². The predicted molar refractivity (Wildman–Crippen MR) is 116 cm³/mol. The van der Waals surface area contributed by atoms with Gasteiger partial charge in [0.2, 0.25) is 0 Å². The number of benzene rings is 2. The lowest BCUT2D eigenvalue weighted by Crippen LogP contribution is -2.31. The summed E-state index contributed by atoms with van der Waals surface area (Å²) in [5.74, 6) is 4.43. The van der Waals surface area contributed by atoms with Crippen LogP contribution in [0.4, 0.5) is 13.2 Å². The van der Waals surface area contributed by atoms with E-state index in [9.17, 15) is 22.8 Å². The number of hydrogen-bond acceptors (Lipinski definition) is 3. The molecule has 33 heavy (non-hydrogen) atoms. The summed E-state index contributed by atoms with van der Waals surface area (Å²) in [4.78, 5) is 31.5. The van der Waals surface area contributed by atoms with Crippen LogP contribution in [0.5, 0.6) is 0 Å². The van der Waals surface area contributed by atoms with E-state index >= 15 is 0 Å². The highest BCUT2D eigenvalue weighted by molar-refractivity contribution is 6.37. The zero-order valence-corrected chi connectivity index (χ0v) is 17.5. The van der Waals surface area contributed by atoms with Gasteiger partial charge in [-0.15, -0.1) is 0 Å². The molecule has 4 rings (SSSR count). The van der Waals surface area contributed by atoms with Gasteiger partial charge in [0, 0.05) is 11.8 Å². The van der Waals surface area contributed by atoms with Gasteiger partial charge in [0.25, 0.3) is 11.8 Å². The normalized spacial score (nSPS) is 13.9. The number of nitrogens with zero attached hydrogens (tertiary/aromatic N) is 2. The van der Waals surface area contributed by atoms with Crippen LogP contribution >= 0.6 is 0 Å². The minimum absolute atomic E-state index is 0.0238. The van der Waals surface area contributed by atoms with Crippen molar-refractivity contribution in [2.45, 2.75) is 19.6 Å². The molecule has 1 aliphatic rings. The Morgan fingerprint density at radius 3 is 2.18 bits per heavy atom. The van der Waals surface area contributed by atoms with Crippen molar-refractivity contribution in [3.8, 4) is 11.8 Å². The van der Waals surface area contributed by atoms with E-state index in [0.29, 0.717) is 11.3 Å². The Kier molecular flexibility index (Phi) is 5.84. The van der Waals surface area contributed by atoms with Gasteiger partial charge in [0.1, 0.15) is 5.57 Å². The second-order valence-electron chi connectivity index (χ2n) is 7.46. The number of pyridine rings is 1. The van der Waals surface area contributed by atoms with Crippen LogP contribution in [0.1, 0.15) is 27.9 Å². The molecule has 0 radical (unpaired) electrons. The number of aromatic nitrogens is 1. The standard InChI is InChI=1S/C26H17F3N2O2/c1-17-5-7-18(8-6-17)9-14-22-23(19-10-12-20(13-11-19)26(27,28)29)25(33)31(24(22)32)16-21-4-2-3-15-30-21/h2-8,10-13,15H,16H2,1H3. The van der Waals surface area contributed by atoms with Crippen molar-refractivity contribution in [1.82, 2.24) is 9.88 Å². The lowest BCUT2D eigenvalue weighted by atomic mass is 10.00. The molecule has 164 valence electrons. The first-order valence-electron chi connectivity index (χ1n) is 10.0. The Labute approximate surface area is 188 Å². The van der Waals surface area contributed by atoms with Crippen LogP contribution in [0.2, 0.25) is 0 Å². The topological polar surface area (TPSA) is 50.3 Å². The maximum Gasteiger partial charge on any atom is 0.416 e. The summed E-state index contributed by atoms with van der Waals surface area (Å²) < 4.78 is 38.9. The van der Waals surface area contributed by atoms with Gasteiger partial charge < -0.3 is 0 Å². The first kappa shape index (κ1) is 22.0. The first-order chi connectivity index (χ1) is 15.7. The predicted octanol–water partition coefficient (Wildman–Crippen LogP) is 4.78. The van der Waals surface area contributed by atoms with Crippen LogP contribution in [0, 0.1) is 18.8 Å². The van der Waals surface area contributed by atoms with Crippen molar-refractivity contribution in [3.63, 3.8) is 0 Å². The molecule has 1 aliphatic heterocycles. The molecule has 7 heteroatoms. The first-order valence-corrected chi connectivity index (χ1v) is 10.0. The third-order valence-corrected chi connectivity index (χ3v) is 5.10. The summed E-state index contributed by atoms with van der Waals surface area (Å²) in [6.45, 7) is 1.86. The highest BCUT2D eigenvalue weighted by atomic mass is 19.4. The average Bonchev–Trinajstić information content (AvgIpc) is 3.03. The fourth-order valence-corrected chi connectivity index (χ4v) is 3.35. The Morgan fingerprint density at radius 2 is 1.58 bits per heavy atom. The van der Waals surface area contributed by atoms with Gasteiger partial charge in [-0.05, 0) is 48.9 Å². The van der Waals surface area contributed by atoms with Crippen LogP contribution < -0.4 is 0 Å². The summed E-state index contributed by atoms with van der Waals surface area (Å²) in [5, 5.41) is 0. The molecule has 0 N–H and O–H groups in total. The Hall–Kier alpha value is -4.18. The average molecular weight is 446 g/mol. The number of carbonyl (C=O) groups is 2. The van der Waals surface area contributed by atoms with E-state index in [-0.39, 0.29) is 23.3 Å². The largest absolute Gasteiger partial charge is 0.416 e. The molecule has 0 atom stereocenters. The highest BCUT2D eigenvalue weighted by Crippen LogP contribution is 2.33. The molecule has 0 fully saturated rings. The Bertz CT molecular complexity index is 1300. The molecular formula is C26H17F3N2O2. The van der Waals surface area contributed by atoms with E-state index in [4.69, 9.17) is 0 Å². The number of amides is 2. The minimum Gasteiger partial charge on any atom is -0.269 e. The van der Waals surface area contributed by atoms with Crippen molar-refractivity contribution in [3.05, 3.63) is 106 Å². The summed E-state index contributed by atoms with van der Waals surface area (Å²) in [6, 6.07) is 16.5. The van der Waals surface area contributed by atoms with Crippen molar-refractivity contribution in [2.24, 2.45) is 0 Å². The second-order valence-corrected chi connectivity index (χ2v) is 7.46. The minimum atomic E-state index is -4.51.